The average Bonchev–Trinajstić information content (AvgIpc) is 2.48. The molecule has 1 amide bonds. The Kier molecular flexibility index (Phi) is 4.99. The van der Waals surface area contributed by atoms with Gasteiger partial charge >= 0.3 is 0 Å². The first-order valence-electron chi connectivity index (χ1n) is 7.22. The normalized spacial score (nSPS) is 10.5. The zero-order valence-corrected chi connectivity index (χ0v) is 12.8. The van der Waals surface area contributed by atoms with Crippen LogP contribution in [0, 0.1) is 0 Å². The Morgan fingerprint density at radius 3 is 2.48 bits per heavy atom. The number of benzene rings is 2. The fourth-order valence-corrected chi connectivity index (χ4v) is 2.15. The Morgan fingerprint density at radius 2 is 1.81 bits per heavy atom. The number of amides is 1. The minimum absolute atomic E-state index is 0.0151. The number of hydrogen-bond acceptors (Lipinski definition) is 2. The molecule has 3 heteroatoms. The van der Waals surface area contributed by atoms with Gasteiger partial charge in [-0.05, 0) is 35.7 Å². The van der Waals surface area contributed by atoms with Crippen LogP contribution in [-0.2, 0) is 4.79 Å². The molecule has 0 saturated carbocycles. The zero-order valence-electron chi connectivity index (χ0n) is 12.8. The lowest BCUT2D eigenvalue weighted by molar-refractivity contribution is -0.114. The molecule has 2 rings (SSSR count). The maximum Gasteiger partial charge on any atom is 0.243 e. The fourth-order valence-electron chi connectivity index (χ4n) is 2.15. The van der Waals surface area contributed by atoms with Crippen LogP contribution in [0.3, 0.4) is 0 Å². The summed E-state index contributed by atoms with van der Waals surface area (Å²) in [5.74, 6) is 0.468. The van der Waals surface area contributed by atoms with Crippen molar-refractivity contribution in [3.05, 3.63) is 60.2 Å². The first-order chi connectivity index (χ1) is 10.1. The van der Waals surface area contributed by atoms with Crippen LogP contribution in [0.15, 0.2) is 54.6 Å². The number of carbonyl (C=O) groups is 1. The van der Waals surface area contributed by atoms with E-state index in [-0.39, 0.29) is 5.91 Å². The molecule has 1 N–H and O–H groups in total. The van der Waals surface area contributed by atoms with Crippen molar-refractivity contribution in [1.29, 1.82) is 0 Å². The number of carbonyl (C=O) groups excluding carboxylic acids is 1. The van der Waals surface area contributed by atoms with Crippen molar-refractivity contribution in [2.24, 2.45) is 0 Å². The molecule has 0 aliphatic carbocycles. The maximum absolute atomic E-state index is 12.1. The second kappa shape index (κ2) is 6.93. The summed E-state index contributed by atoms with van der Waals surface area (Å²) in [5.41, 5.74) is 3.17. The van der Waals surface area contributed by atoms with Gasteiger partial charge in [0.15, 0.2) is 0 Å². The predicted molar refractivity (Wildman–Crippen MR) is 88.9 cm³/mol. The van der Waals surface area contributed by atoms with Crippen LogP contribution in [0.5, 0.6) is 0 Å². The molecule has 0 heterocycles. The van der Waals surface area contributed by atoms with Crippen LogP contribution in [-0.4, -0.2) is 19.5 Å². The minimum Gasteiger partial charge on any atom is -0.365 e. The van der Waals surface area contributed by atoms with Crippen molar-refractivity contribution in [3.63, 3.8) is 0 Å². The number of hydrogen-bond donors (Lipinski definition) is 1. The predicted octanol–water partition coefficient (Wildman–Crippen LogP) is 3.88. The summed E-state index contributed by atoms with van der Waals surface area (Å²) < 4.78 is 0. The van der Waals surface area contributed by atoms with Crippen molar-refractivity contribution in [2.75, 3.05) is 23.8 Å². The maximum atomic E-state index is 12.1. The molecule has 3 nitrogen and oxygen atoms in total. The van der Waals surface area contributed by atoms with Gasteiger partial charge in [0.25, 0.3) is 0 Å². The molecule has 0 atom stereocenters. The van der Waals surface area contributed by atoms with Crippen LogP contribution < -0.4 is 10.2 Å². The Balaban J connectivity index is 1.99. The molecule has 0 saturated heterocycles. The highest BCUT2D eigenvalue weighted by atomic mass is 16.2. The summed E-state index contributed by atoms with van der Waals surface area (Å²) in [6.45, 7) is 4.67. The van der Waals surface area contributed by atoms with Crippen molar-refractivity contribution in [1.82, 2.24) is 0 Å². The number of nitrogens with zero attached hydrogens (tertiary/aromatic N) is 1. The molecule has 0 aliphatic rings. The van der Waals surface area contributed by atoms with Crippen molar-refractivity contribution < 1.29 is 4.79 Å². The number of nitrogens with one attached hydrogen (secondary N) is 1. The van der Waals surface area contributed by atoms with Crippen LogP contribution >= 0.6 is 0 Å². The van der Waals surface area contributed by atoms with E-state index in [0.717, 1.165) is 11.4 Å². The summed E-state index contributed by atoms with van der Waals surface area (Å²) in [4.78, 5) is 14.0. The molecular formula is C18H22N2O. The third-order valence-electron chi connectivity index (χ3n) is 3.42. The Morgan fingerprint density at radius 1 is 1.10 bits per heavy atom. The van der Waals surface area contributed by atoms with Gasteiger partial charge in [-0.1, -0.05) is 44.2 Å². The van der Waals surface area contributed by atoms with Gasteiger partial charge in [0, 0.05) is 18.4 Å². The summed E-state index contributed by atoms with van der Waals surface area (Å²) >= 11 is 0. The van der Waals surface area contributed by atoms with Crippen molar-refractivity contribution in [2.45, 2.75) is 19.8 Å². The summed E-state index contributed by atoms with van der Waals surface area (Å²) in [6.07, 6.45) is 0. The second-order valence-electron chi connectivity index (χ2n) is 5.52. The average molecular weight is 282 g/mol. The highest BCUT2D eigenvalue weighted by Crippen LogP contribution is 2.20. The first-order valence-corrected chi connectivity index (χ1v) is 7.22. The molecule has 2 aromatic carbocycles. The molecule has 110 valence electrons. The third kappa shape index (κ3) is 4.35. The molecule has 0 aliphatic heterocycles. The van der Waals surface area contributed by atoms with Gasteiger partial charge in [0.2, 0.25) is 5.91 Å². The van der Waals surface area contributed by atoms with Gasteiger partial charge < -0.3 is 10.2 Å². The molecular weight excluding hydrogens is 260 g/mol. The van der Waals surface area contributed by atoms with E-state index >= 15 is 0 Å². The van der Waals surface area contributed by atoms with Gasteiger partial charge in [-0.3, -0.25) is 4.79 Å². The number of para-hydroxylation sites is 1. The van der Waals surface area contributed by atoms with Crippen LogP contribution in [0.4, 0.5) is 11.4 Å². The largest absolute Gasteiger partial charge is 0.365 e. The molecule has 0 fully saturated rings. The molecule has 0 radical (unpaired) electrons. The van der Waals surface area contributed by atoms with E-state index < -0.39 is 0 Å². The highest BCUT2D eigenvalue weighted by molar-refractivity contribution is 5.93. The van der Waals surface area contributed by atoms with Gasteiger partial charge in [0.05, 0.1) is 6.54 Å². The minimum atomic E-state index is -0.0151. The molecule has 21 heavy (non-hydrogen) atoms. The van der Waals surface area contributed by atoms with Crippen LogP contribution in [0.2, 0.25) is 0 Å². The topological polar surface area (TPSA) is 32.3 Å². The SMILES string of the molecule is CC(C)c1cccc(N(C)CC(=O)Nc2ccccc2)c1. The second-order valence-corrected chi connectivity index (χ2v) is 5.52. The van der Waals surface area contributed by atoms with Crippen LogP contribution in [0.25, 0.3) is 0 Å². The lowest BCUT2D eigenvalue weighted by Crippen LogP contribution is -2.30. The molecule has 2 aromatic rings. The Labute approximate surface area is 126 Å². The molecule has 0 unspecified atom stereocenters. The van der Waals surface area contributed by atoms with Crippen molar-refractivity contribution in [3.8, 4) is 0 Å². The van der Waals surface area contributed by atoms with Crippen LogP contribution in [0.1, 0.15) is 25.3 Å². The van der Waals surface area contributed by atoms with E-state index in [1.165, 1.54) is 5.56 Å². The first kappa shape index (κ1) is 15.1. The Hall–Kier alpha value is -2.29. The smallest absolute Gasteiger partial charge is 0.243 e. The van der Waals surface area contributed by atoms with Crippen molar-refractivity contribution >= 4 is 17.3 Å². The van der Waals surface area contributed by atoms with E-state index in [1.54, 1.807) is 0 Å². The van der Waals surface area contributed by atoms with E-state index in [4.69, 9.17) is 0 Å². The molecule has 0 aromatic heterocycles. The van der Waals surface area contributed by atoms with Gasteiger partial charge in [-0.2, -0.15) is 0 Å². The summed E-state index contributed by atoms with van der Waals surface area (Å²) in [5, 5.41) is 2.90. The lowest BCUT2D eigenvalue weighted by atomic mass is 10.0. The Bertz CT molecular complexity index is 593. The molecule has 0 bridgehead atoms. The highest BCUT2D eigenvalue weighted by Gasteiger charge is 2.09. The van der Waals surface area contributed by atoms with E-state index in [9.17, 15) is 4.79 Å². The number of likely N-dealkylation sites (N-methyl/N-ethyl adjacent to an activating group) is 1. The van der Waals surface area contributed by atoms with Gasteiger partial charge in [-0.25, -0.2) is 0 Å². The lowest BCUT2D eigenvalue weighted by Gasteiger charge is -2.20. The summed E-state index contributed by atoms with van der Waals surface area (Å²) in [6, 6.07) is 17.8. The molecule has 0 spiro atoms. The fraction of sp³-hybridized carbons (Fsp3) is 0.278. The zero-order chi connectivity index (χ0) is 15.2. The number of rotatable bonds is 5. The van der Waals surface area contributed by atoms with E-state index in [1.807, 2.05) is 54.4 Å². The monoisotopic (exact) mass is 282 g/mol. The van der Waals surface area contributed by atoms with E-state index in [2.05, 4.69) is 31.3 Å². The summed E-state index contributed by atoms with van der Waals surface area (Å²) in [7, 11) is 1.93. The van der Waals surface area contributed by atoms with Gasteiger partial charge in [0.1, 0.15) is 0 Å². The van der Waals surface area contributed by atoms with Gasteiger partial charge in [-0.15, -0.1) is 0 Å². The third-order valence-corrected chi connectivity index (χ3v) is 3.42. The van der Waals surface area contributed by atoms with E-state index in [0.29, 0.717) is 12.5 Å². The standard InChI is InChI=1S/C18H22N2O/c1-14(2)15-8-7-11-17(12-15)20(3)13-18(21)19-16-9-5-4-6-10-16/h4-12,14H,13H2,1-3H3,(H,19,21). The quantitative estimate of drug-likeness (QED) is 0.902. The number of anilines is 2.